The zero-order valence-electron chi connectivity index (χ0n) is 22.5. The zero-order valence-corrected chi connectivity index (χ0v) is 23.4. The number of hydrogen-bond acceptors (Lipinski definition) is 3. The van der Waals surface area contributed by atoms with E-state index in [0.29, 0.717) is 19.6 Å². The predicted molar refractivity (Wildman–Crippen MR) is 155 cm³/mol. The van der Waals surface area contributed by atoms with Crippen molar-refractivity contribution in [3.8, 4) is 22.6 Å². The van der Waals surface area contributed by atoms with Crippen molar-refractivity contribution in [1.29, 1.82) is 0 Å². The van der Waals surface area contributed by atoms with E-state index in [4.69, 9.17) is 19.3 Å². The van der Waals surface area contributed by atoms with Gasteiger partial charge in [0, 0.05) is 6.16 Å². The summed E-state index contributed by atoms with van der Waals surface area (Å²) >= 11 is 0. The number of allylic oxidation sites excluding steroid dienone is 1. The molecule has 0 aliphatic heterocycles. The first kappa shape index (κ1) is 31.1. The molecule has 0 bridgehead atoms. The van der Waals surface area contributed by atoms with E-state index in [1.54, 1.807) is 0 Å². The maximum Gasteiger partial charge on any atom is 0.325 e. The summed E-state index contributed by atoms with van der Waals surface area (Å²) in [5, 5.41) is 0. The molecule has 0 spiro atoms. The number of unbranched alkanes of at least 4 members (excludes halogenated alkanes) is 12. The lowest BCUT2D eigenvalue weighted by atomic mass is 10.0. The number of ether oxygens (including phenoxy) is 2. The molecule has 5 nitrogen and oxygen atoms in total. The summed E-state index contributed by atoms with van der Waals surface area (Å²) in [4.78, 5) is 17.8. The summed E-state index contributed by atoms with van der Waals surface area (Å²) in [6.45, 7) is 5.16. The van der Waals surface area contributed by atoms with E-state index < -0.39 is 7.60 Å². The second-order valence-corrected chi connectivity index (χ2v) is 11.5. The third-order valence-corrected chi connectivity index (χ3v) is 7.36. The zero-order chi connectivity index (χ0) is 26.6. The maximum absolute atomic E-state index is 10.9. The Bertz CT molecular complexity index is 909. The minimum atomic E-state index is -3.84. The highest BCUT2D eigenvalue weighted by atomic mass is 31.2. The molecule has 0 aromatic heterocycles. The van der Waals surface area contributed by atoms with E-state index in [1.165, 1.54) is 32.1 Å². The standard InChI is InChI=1S/C31H47O5P/c1-2-3-4-5-6-8-11-17-25-35-29-23-20-24-30(31(29)28-21-15-14-16-22-28)36-26-18-12-9-7-10-13-19-27-37(32,33)34/h2,14-16,20-24H,1,3-13,17-19,25-27H2,(H2,32,33,34). The van der Waals surface area contributed by atoms with Crippen LogP contribution in [0.25, 0.3) is 11.1 Å². The molecule has 6 heteroatoms. The average molecular weight is 531 g/mol. The van der Waals surface area contributed by atoms with E-state index in [2.05, 4.69) is 18.7 Å². The Hall–Kier alpha value is -2.07. The van der Waals surface area contributed by atoms with Gasteiger partial charge in [-0.15, -0.1) is 6.58 Å². The molecule has 0 aliphatic carbocycles. The molecule has 2 aromatic carbocycles. The third-order valence-electron chi connectivity index (χ3n) is 6.46. The molecular weight excluding hydrogens is 483 g/mol. The fourth-order valence-corrected chi connectivity index (χ4v) is 5.04. The molecule has 0 aliphatic rings. The smallest absolute Gasteiger partial charge is 0.325 e. The first-order valence-corrected chi connectivity index (χ1v) is 15.9. The van der Waals surface area contributed by atoms with E-state index in [1.807, 2.05) is 42.5 Å². The van der Waals surface area contributed by atoms with Gasteiger partial charge in [-0.1, -0.05) is 100 Å². The van der Waals surface area contributed by atoms with Crippen molar-refractivity contribution in [2.24, 2.45) is 0 Å². The molecule has 0 atom stereocenters. The van der Waals surface area contributed by atoms with E-state index >= 15 is 0 Å². The summed E-state index contributed by atoms with van der Waals surface area (Å²) in [6, 6.07) is 16.4. The average Bonchev–Trinajstić information content (AvgIpc) is 2.88. The molecule has 0 fully saturated rings. The van der Waals surface area contributed by atoms with Crippen molar-refractivity contribution >= 4 is 7.60 Å². The van der Waals surface area contributed by atoms with Crippen LogP contribution in [0, 0.1) is 0 Å². The molecule has 0 amide bonds. The van der Waals surface area contributed by atoms with Gasteiger partial charge in [-0.3, -0.25) is 4.57 Å². The van der Waals surface area contributed by atoms with E-state index in [-0.39, 0.29) is 6.16 Å². The monoisotopic (exact) mass is 530 g/mol. The number of benzene rings is 2. The first-order valence-electron chi connectivity index (χ1n) is 14.1. The Labute approximate surface area is 224 Å². The van der Waals surface area contributed by atoms with Crippen molar-refractivity contribution in [2.75, 3.05) is 19.4 Å². The Kier molecular flexibility index (Phi) is 16.1. The van der Waals surface area contributed by atoms with Gasteiger partial charge in [-0.05, 0) is 49.8 Å². The number of hydrogen-bond donors (Lipinski definition) is 2. The van der Waals surface area contributed by atoms with Crippen molar-refractivity contribution < 1.29 is 23.8 Å². The van der Waals surface area contributed by atoms with Crippen LogP contribution in [-0.2, 0) is 4.57 Å². The second-order valence-electron chi connectivity index (χ2n) is 9.75. The fraction of sp³-hybridized carbons (Fsp3) is 0.548. The van der Waals surface area contributed by atoms with Gasteiger partial charge in [-0.25, -0.2) is 0 Å². The van der Waals surface area contributed by atoms with Crippen molar-refractivity contribution in [3.05, 3.63) is 61.2 Å². The Morgan fingerprint density at radius 2 is 1.14 bits per heavy atom. The summed E-state index contributed by atoms with van der Waals surface area (Å²) in [5.74, 6) is 1.74. The van der Waals surface area contributed by atoms with Gasteiger partial charge in [0.1, 0.15) is 11.5 Å². The van der Waals surface area contributed by atoms with Crippen LogP contribution in [0.2, 0.25) is 0 Å². The largest absolute Gasteiger partial charge is 0.493 e. The second kappa shape index (κ2) is 19.1. The highest BCUT2D eigenvalue weighted by Gasteiger charge is 2.14. The van der Waals surface area contributed by atoms with Gasteiger partial charge in [0.05, 0.1) is 18.8 Å². The van der Waals surface area contributed by atoms with Gasteiger partial charge in [0.15, 0.2) is 0 Å². The molecule has 0 radical (unpaired) electrons. The van der Waals surface area contributed by atoms with Crippen molar-refractivity contribution in [2.45, 2.75) is 89.9 Å². The van der Waals surface area contributed by atoms with Crippen LogP contribution in [0.3, 0.4) is 0 Å². The Morgan fingerprint density at radius 3 is 1.65 bits per heavy atom. The van der Waals surface area contributed by atoms with E-state index in [0.717, 1.165) is 74.0 Å². The molecular formula is C31H47O5P. The molecule has 37 heavy (non-hydrogen) atoms. The van der Waals surface area contributed by atoms with Crippen LogP contribution in [0.1, 0.15) is 89.9 Å². The molecule has 2 N–H and O–H groups in total. The minimum absolute atomic E-state index is 0.00376. The van der Waals surface area contributed by atoms with Crippen LogP contribution >= 0.6 is 7.60 Å². The molecule has 0 saturated carbocycles. The third kappa shape index (κ3) is 14.4. The van der Waals surface area contributed by atoms with Crippen molar-refractivity contribution in [1.82, 2.24) is 0 Å². The van der Waals surface area contributed by atoms with Crippen LogP contribution in [-0.4, -0.2) is 29.2 Å². The summed E-state index contributed by atoms with van der Waals surface area (Å²) in [5.41, 5.74) is 2.13. The molecule has 206 valence electrons. The minimum Gasteiger partial charge on any atom is -0.493 e. The maximum atomic E-state index is 10.9. The fourth-order valence-electron chi connectivity index (χ4n) is 4.41. The van der Waals surface area contributed by atoms with E-state index in [9.17, 15) is 4.57 Å². The van der Waals surface area contributed by atoms with Gasteiger partial charge in [0.2, 0.25) is 0 Å². The topological polar surface area (TPSA) is 76.0 Å². The van der Waals surface area contributed by atoms with Gasteiger partial charge >= 0.3 is 7.60 Å². The van der Waals surface area contributed by atoms with Gasteiger partial charge in [0.25, 0.3) is 0 Å². The predicted octanol–water partition coefficient (Wildman–Crippen LogP) is 8.94. The van der Waals surface area contributed by atoms with Crippen LogP contribution < -0.4 is 9.47 Å². The lowest BCUT2D eigenvalue weighted by molar-refractivity contribution is 0.292. The van der Waals surface area contributed by atoms with Crippen molar-refractivity contribution in [3.63, 3.8) is 0 Å². The highest BCUT2D eigenvalue weighted by molar-refractivity contribution is 7.51. The number of rotatable bonds is 22. The quantitative estimate of drug-likeness (QED) is 0.0903. The summed E-state index contributed by atoms with van der Waals surface area (Å²) in [7, 11) is -3.84. The SMILES string of the molecule is C=CCCCCCCCCOc1cccc(OCCCCCCCCCP(=O)(O)O)c1-c1ccccc1. The first-order chi connectivity index (χ1) is 18.0. The molecule has 0 heterocycles. The summed E-state index contributed by atoms with van der Waals surface area (Å²) < 4.78 is 23.4. The van der Waals surface area contributed by atoms with Crippen LogP contribution in [0.4, 0.5) is 0 Å². The molecule has 2 rings (SSSR count). The Morgan fingerprint density at radius 1 is 0.649 bits per heavy atom. The summed E-state index contributed by atoms with van der Waals surface area (Å²) in [6.07, 6.45) is 17.2. The van der Waals surface area contributed by atoms with Crippen LogP contribution in [0.5, 0.6) is 11.5 Å². The highest BCUT2D eigenvalue weighted by Crippen LogP contribution is 2.39. The normalized spacial score (nSPS) is 11.4. The molecule has 0 saturated heterocycles. The van der Waals surface area contributed by atoms with Crippen LogP contribution in [0.15, 0.2) is 61.2 Å². The molecule has 2 aromatic rings. The molecule has 0 unspecified atom stereocenters. The lowest BCUT2D eigenvalue weighted by Gasteiger charge is -2.17. The van der Waals surface area contributed by atoms with Gasteiger partial charge in [-0.2, -0.15) is 0 Å². The lowest BCUT2D eigenvalue weighted by Crippen LogP contribution is -2.03. The van der Waals surface area contributed by atoms with Gasteiger partial charge < -0.3 is 19.3 Å². The Balaban J connectivity index is 1.76.